The van der Waals surface area contributed by atoms with E-state index in [1.807, 2.05) is 0 Å². The predicted molar refractivity (Wildman–Crippen MR) is 233 cm³/mol. The number of hydrogen-bond acceptors (Lipinski definition) is 9. The SMILES string of the molecule is CC/C=C\C/C=C\C/C=C\C/C=C\C/C=C\CCCCCC(=O)OC(COC(=O)CCCCCCC/C=C\CCCCCCCC)COP(=O)(O)OCC(O)CO. The van der Waals surface area contributed by atoms with Gasteiger partial charge in [0.15, 0.2) is 6.10 Å². The number of unbranched alkanes of at least 4 members (excludes halogenated alkanes) is 14. The van der Waals surface area contributed by atoms with E-state index in [-0.39, 0.29) is 19.4 Å². The number of carbonyl (C=O) groups is 2. The topological polar surface area (TPSA) is 149 Å². The third kappa shape index (κ3) is 41.4. The number of ether oxygens (including phenoxy) is 2. The highest BCUT2D eigenvalue weighted by Crippen LogP contribution is 2.43. The number of hydrogen-bond donors (Lipinski definition) is 3. The van der Waals surface area contributed by atoms with E-state index in [4.69, 9.17) is 19.1 Å². The van der Waals surface area contributed by atoms with E-state index >= 15 is 0 Å². The van der Waals surface area contributed by atoms with Crippen molar-refractivity contribution in [3.8, 4) is 0 Å². The molecule has 0 saturated heterocycles. The van der Waals surface area contributed by atoms with Gasteiger partial charge >= 0.3 is 19.8 Å². The molecule has 0 aromatic heterocycles. The Morgan fingerprint density at radius 3 is 1.49 bits per heavy atom. The zero-order valence-corrected chi connectivity index (χ0v) is 36.4. The number of aliphatic hydroxyl groups is 2. The molecular weight excluding hydrogens is 743 g/mol. The second-order valence-corrected chi connectivity index (χ2v) is 15.8. The minimum absolute atomic E-state index is 0.140. The molecule has 0 aromatic carbocycles. The van der Waals surface area contributed by atoms with Crippen molar-refractivity contribution in [3.05, 3.63) is 72.9 Å². The normalized spacial score (nSPS) is 14.5. The lowest BCUT2D eigenvalue weighted by Crippen LogP contribution is -2.29. The largest absolute Gasteiger partial charge is 0.472 e. The third-order valence-corrected chi connectivity index (χ3v) is 9.80. The summed E-state index contributed by atoms with van der Waals surface area (Å²) >= 11 is 0. The van der Waals surface area contributed by atoms with Crippen LogP contribution in [0.25, 0.3) is 0 Å². The van der Waals surface area contributed by atoms with Crippen molar-refractivity contribution in [2.45, 2.75) is 180 Å². The molecular formula is C46H79O10P. The van der Waals surface area contributed by atoms with E-state index in [1.54, 1.807) is 0 Å². The lowest BCUT2D eigenvalue weighted by Gasteiger charge is -2.20. The summed E-state index contributed by atoms with van der Waals surface area (Å²) in [6, 6.07) is 0. The summed E-state index contributed by atoms with van der Waals surface area (Å²) in [5, 5.41) is 18.3. The van der Waals surface area contributed by atoms with Gasteiger partial charge in [0.2, 0.25) is 0 Å². The maximum Gasteiger partial charge on any atom is 0.472 e. The molecule has 0 heterocycles. The number of carbonyl (C=O) groups excluding carboxylic acids is 2. The first-order valence-corrected chi connectivity index (χ1v) is 23.4. The first-order valence-electron chi connectivity index (χ1n) is 21.9. The Labute approximate surface area is 346 Å². The molecule has 3 N–H and O–H groups in total. The van der Waals surface area contributed by atoms with Gasteiger partial charge in [-0.2, -0.15) is 0 Å². The van der Waals surface area contributed by atoms with E-state index in [2.05, 4.69) is 91.3 Å². The number of phosphoric ester groups is 1. The molecule has 0 rings (SSSR count). The molecule has 10 nitrogen and oxygen atoms in total. The number of aliphatic hydroxyl groups excluding tert-OH is 2. The highest BCUT2D eigenvalue weighted by molar-refractivity contribution is 7.47. The lowest BCUT2D eigenvalue weighted by molar-refractivity contribution is -0.161. The summed E-state index contributed by atoms with van der Waals surface area (Å²) in [4.78, 5) is 35.0. The van der Waals surface area contributed by atoms with E-state index in [0.29, 0.717) is 12.8 Å². The Kier molecular flexibility index (Phi) is 39.7. The molecule has 0 saturated carbocycles. The average molecular weight is 823 g/mol. The van der Waals surface area contributed by atoms with Gasteiger partial charge in [0.05, 0.1) is 19.8 Å². The van der Waals surface area contributed by atoms with Crippen LogP contribution in [0.2, 0.25) is 0 Å². The molecule has 3 atom stereocenters. The summed E-state index contributed by atoms with van der Waals surface area (Å²) in [6.07, 6.45) is 47.2. The van der Waals surface area contributed by atoms with Crippen molar-refractivity contribution in [1.29, 1.82) is 0 Å². The number of allylic oxidation sites excluding steroid dienone is 12. The molecule has 3 unspecified atom stereocenters. The van der Waals surface area contributed by atoms with Crippen LogP contribution in [0.3, 0.4) is 0 Å². The predicted octanol–water partition coefficient (Wildman–Crippen LogP) is 11.7. The van der Waals surface area contributed by atoms with E-state index in [0.717, 1.165) is 89.9 Å². The number of phosphoric acid groups is 1. The van der Waals surface area contributed by atoms with Gasteiger partial charge in [-0.05, 0) is 83.5 Å². The second-order valence-electron chi connectivity index (χ2n) is 14.3. The van der Waals surface area contributed by atoms with Crippen LogP contribution < -0.4 is 0 Å². The molecule has 0 amide bonds. The lowest BCUT2D eigenvalue weighted by atomic mass is 10.1. The zero-order valence-electron chi connectivity index (χ0n) is 35.5. The zero-order chi connectivity index (χ0) is 41.9. The fraction of sp³-hybridized carbons (Fsp3) is 0.696. The quantitative estimate of drug-likeness (QED) is 0.0236. The van der Waals surface area contributed by atoms with Gasteiger partial charge in [0.1, 0.15) is 12.7 Å². The van der Waals surface area contributed by atoms with E-state index < -0.39 is 51.8 Å². The van der Waals surface area contributed by atoms with Crippen LogP contribution in [-0.2, 0) is 32.7 Å². The van der Waals surface area contributed by atoms with Crippen LogP contribution in [0.15, 0.2) is 72.9 Å². The van der Waals surface area contributed by atoms with Gasteiger partial charge < -0.3 is 24.6 Å². The van der Waals surface area contributed by atoms with Crippen LogP contribution in [0.1, 0.15) is 168 Å². The molecule has 0 aliphatic heterocycles. The standard InChI is InChI=1S/C46H79O10P/c1-3-5-7-9-11-13-15-17-19-20-21-22-24-26-28-30-32-34-36-38-46(50)56-44(42-55-57(51,52)54-40-43(48)39-47)41-53-45(49)37-35-33-31-29-27-25-23-18-16-14-12-10-8-6-4-2/h5,7,11,13,17-19,21-23,26,28,43-44,47-48H,3-4,6,8-10,12,14-16,20,24-25,27,29-42H2,1-2H3,(H,51,52)/b7-5-,13-11-,19-17-,22-21-,23-18-,28-26-. The smallest absolute Gasteiger partial charge is 0.462 e. The molecule has 0 aromatic rings. The molecule has 0 radical (unpaired) electrons. The monoisotopic (exact) mass is 823 g/mol. The third-order valence-electron chi connectivity index (χ3n) is 8.84. The molecule has 0 aliphatic carbocycles. The van der Waals surface area contributed by atoms with Crippen molar-refractivity contribution in [1.82, 2.24) is 0 Å². The summed E-state index contributed by atoms with van der Waals surface area (Å²) in [5.41, 5.74) is 0. The molecule has 0 bridgehead atoms. The Hall–Kier alpha value is -2.59. The van der Waals surface area contributed by atoms with E-state index in [1.165, 1.54) is 38.5 Å². The van der Waals surface area contributed by atoms with Gasteiger partial charge in [0.25, 0.3) is 0 Å². The first-order chi connectivity index (χ1) is 27.7. The van der Waals surface area contributed by atoms with Crippen LogP contribution in [0, 0.1) is 0 Å². The molecule has 328 valence electrons. The van der Waals surface area contributed by atoms with Crippen LogP contribution >= 0.6 is 7.82 Å². The summed E-state index contributed by atoms with van der Waals surface area (Å²) in [5.74, 6) is -0.977. The van der Waals surface area contributed by atoms with Crippen molar-refractivity contribution in [2.24, 2.45) is 0 Å². The average Bonchev–Trinajstić information content (AvgIpc) is 3.20. The van der Waals surface area contributed by atoms with Crippen molar-refractivity contribution < 1.29 is 47.8 Å². The van der Waals surface area contributed by atoms with Crippen LogP contribution in [0.4, 0.5) is 0 Å². The van der Waals surface area contributed by atoms with Crippen LogP contribution in [-0.4, -0.2) is 65.7 Å². The molecule has 0 spiro atoms. The van der Waals surface area contributed by atoms with E-state index in [9.17, 15) is 24.2 Å². The highest BCUT2D eigenvalue weighted by atomic mass is 31.2. The Balaban J connectivity index is 4.39. The highest BCUT2D eigenvalue weighted by Gasteiger charge is 2.27. The summed E-state index contributed by atoms with van der Waals surface area (Å²) < 4.78 is 32.7. The summed E-state index contributed by atoms with van der Waals surface area (Å²) in [7, 11) is -4.63. The van der Waals surface area contributed by atoms with Gasteiger partial charge in [0, 0.05) is 12.8 Å². The summed E-state index contributed by atoms with van der Waals surface area (Å²) in [6.45, 7) is 2.20. The first kappa shape index (κ1) is 54.4. The Bertz CT molecular complexity index is 1180. The van der Waals surface area contributed by atoms with Gasteiger partial charge in [-0.3, -0.25) is 18.6 Å². The number of esters is 2. The van der Waals surface area contributed by atoms with Gasteiger partial charge in [-0.15, -0.1) is 0 Å². The fourth-order valence-electron chi connectivity index (χ4n) is 5.48. The maximum absolute atomic E-state index is 12.6. The number of rotatable bonds is 40. The Morgan fingerprint density at radius 2 is 0.965 bits per heavy atom. The fourth-order valence-corrected chi connectivity index (χ4v) is 6.27. The van der Waals surface area contributed by atoms with Gasteiger partial charge in [-0.1, -0.05) is 145 Å². The minimum atomic E-state index is -4.63. The minimum Gasteiger partial charge on any atom is -0.462 e. The molecule has 0 aliphatic rings. The maximum atomic E-state index is 12.6. The van der Waals surface area contributed by atoms with Crippen molar-refractivity contribution in [3.63, 3.8) is 0 Å². The molecule has 0 fully saturated rings. The van der Waals surface area contributed by atoms with Crippen molar-refractivity contribution >= 4 is 19.8 Å². The second kappa shape index (κ2) is 41.6. The molecule has 11 heteroatoms. The van der Waals surface area contributed by atoms with Gasteiger partial charge in [-0.25, -0.2) is 4.57 Å². The van der Waals surface area contributed by atoms with Crippen LogP contribution in [0.5, 0.6) is 0 Å². The van der Waals surface area contributed by atoms with Crippen molar-refractivity contribution in [2.75, 3.05) is 26.4 Å². The molecule has 57 heavy (non-hydrogen) atoms. The Morgan fingerprint density at radius 1 is 0.544 bits per heavy atom.